The molecule has 0 aliphatic heterocycles. The minimum Gasteiger partial charge on any atom is -0.344 e. The number of rotatable bonds is 6. The van der Waals surface area contributed by atoms with Crippen molar-refractivity contribution in [1.82, 2.24) is 10.3 Å². The number of anilines is 1. The van der Waals surface area contributed by atoms with Gasteiger partial charge in [-0.05, 0) is 36.1 Å². The molecule has 2 N–H and O–H groups in total. The Balaban J connectivity index is 1.68. The summed E-state index contributed by atoms with van der Waals surface area (Å²) in [6.45, 7) is 5.85. The standard InChI is InChI=1S/C21H23N3O2S/c1-13(2)19(23-18(25)12-15-7-5-4-6-8-15)20(26)24-21-22-16-10-9-14(3)11-17(16)27-21/h4-11,13,19H,12H2,1-3H3,(H,23,25)(H,22,24,26). The summed E-state index contributed by atoms with van der Waals surface area (Å²) >= 11 is 1.43. The molecule has 3 aromatic rings. The van der Waals surface area contributed by atoms with Crippen LogP contribution < -0.4 is 10.6 Å². The number of amides is 2. The Labute approximate surface area is 162 Å². The molecule has 5 nitrogen and oxygen atoms in total. The second-order valence-corrected chi connectivity index (χ2v) is 7.96. The minimum atomic E-state index is -0.616. The third kappa shape index (κ3) is 4.92. The lowest BCUT2D eigenvalue weighted by Gasteiger charge is -2.21. The monoisotopic (exact) mass is 381 g/mol. The van der Waals surface area contributed by atoms with E-state index in [1.807, 2.05) is 69.3 Å². The summed E-state index contributed by atoms with van der Waals surface area (Å²) in [5.74, 6) is -0.460. The Morgan fingerprint density at radius 1 is 1.11 bits per heavy atom. The van der Waals surface area contributed by atoms with Crippen LogP contribution in [-0.2, 0) is 16.0 Å². The molecular weight excluding hydrogens is 358 g/mol. The molecule has 1 aromatic heterocycles. The highest BCUT2D eigenvalue weighted by molar-refractivity contribution is 7.22. The number of aromatic nitrogens is 1. The number of carbonyl (C=O) groups excluding carboxylic acids is 2. The number of nitrogens with one attached hydrogen (secondary N) is 2. The zero-order chi connectivity index (χ0) is 19.4. The molecule has 0 bridgehead atoms. The molecule has 3 rings (SSSR count). The number of fused-ring (bicyclic) bond motifs is 1. The molecule has 0 aliphatic carbocycles. The van der Waals surface area contributed by atoms with E-state index in [2.05, 4.69) is 15.6 Å². The van der Waals surface area contributed by atoms with Crippen LogP contribution in [0.5, 0.6) is 0 Å². The van der Waals surface area contributed by atoms with Crippen molar-refractivity contribution < 1.29 is 9.59 Å². The van der Waals surface area contributed by atoms with Gasteiger partial charge in [0.15, 0.2) is 5.13 Å². The smallest absolute Gasteiger partial charge is 0.248 e. The largest absolute Gasteiger partial charge is 0.344 e. The first-order chi connectivity index (χ1) is 12.9. The maximum atomic E-state index is 12.7. The lowest BCUT2D eigenvalue weighted by molar-refractivity contribution is -0.127. The summed E-state index contributed by atoms with van der Waals surface area (Å²) in [6.07, 6.45) is 0.248. The van der Waals surface area contributed by atoms with Crippen LogP contribution in [0.4, 0.5) is 5.13 Å². The third-order valence-electron chi connectivity index (χ3n) is 4.25. The van der Waals surface area contributed by atoms with Gasteiger partial charge in [0.2, 0.25) is 11.8 Å². The van der Waals surface area contributed by atoms with Crippen molar-refractivity contribution in [3.05, 3.63) is 59.7 Å². The number of aryl methyl sites for hydroxylation is 1. The van der Waals surface area contributed by atoms with Crippen molar-refractivity contribution in [2.75, 3.05) is 5.32 Å². The molecule has 27 heavy (non-hydrogen) atoms. The highest BCUT2D eigenvalue weighted by Gasteiger charge is 2.25. The zero-order valence-corrected chi connectivity index (χ0v) is 16.5. The van der Waals surface area contributed by atoms with Gasteiger partial charge >= 0.3 is 0 Å². The van der Waals surface area contributed by atoms with E-state index in [-0.39, 0.29) is 24.2 Å². The normalized spacial score (nSPS) is 12.1. The number of thiazole rings is 1. The number of nitrogens with zero attached hydrogens (tertiary/aromatic N) is 1. The van der Waals surface area contributed by atoms with Gasteiger partial charge < -0.3 is 10.6 Å². The second kappa shape index (κ2) is 8.31. The summed E-state index contributed by atoms with van der Waals surface area (Å²) in [5.41, 5.74) is 2.92. The van der Waals surface area contributed by atoms with Crippen molar-refractivity contribution in [1.29, 1.82) is 0 Å². The first kappa shape index (κ1) is 19.0. The Hall–Kier alpha value is -2.73. The maximum absolute atomic E-state index is 12.7. The summed E-state index contributed by atoms with van der Waals surface area (Å²) < 4.78 is 1.03. The quantitative estimate of drug-likeness (QED) is 0.680. The van der Waals surface area contributed by atoms with E-state index < -0.39 is 6.04 Å². The van der Waals surface area contributed by atoms with Gasteiger partial charge in [0.05, 0.1) is 16.6 Å². The number of carbonyl (C=O) groups is 2. The van der Waals surface area contributed by atoms with Gasteiger partial charge in [-0.25, -0.2) is 4.98 Å². The Morgan fingerprint density at radius 3 is 2.56 bits per heavy atom. The summed E-state index contributed by atoms with van der Waals surface area (Å²) in [6, 6.07) is 14.9. The molecule has 0 fully saturated rings. The number of hydrogen-bond acceptors (Lipinski definition) is 4. The summed E-state index contributed by atoms with van der Waals surface area (Å²) in [7, 11) is 0. The topological polar surface area (TPSA) is 71.1 Å². The van der Waals surface area contributed by atoms with Gasteiger partial charge in [-0.2, -0.15) is 0 Å². The molecule has 140 valence electrons. The van der Waals surface area contributed by atoms with Crippen molar-refractivity contribution >= 4 is 38.5 Å². The van der Waals surface area contributed by atoms with E-state index in [1.54, 1.807) is 0 Å². The Morgan fingerprint density at radius 2 is 1.85 bits per heavy atom. The lowest BCUT2D eigenvalue weighted by Crippen LogP contribution is -2.47. The van der Waals surface area contributed by atoms with Crippen molar-refractivity contribution in [3.8, 4) is 0 Å². The molecule has 1 heterocycles. The first-order valence-corrected chi connectivity index (χ1v) is 9.75. The summed E-state index contributed by atoms with van der Waals surface area (Å²) in [4.78, 5) is 29.5. The average molecular weight is 382 g/mol. The fourth-order valence-electron chi connectivity index (χ4n) is 2.81. The molecule has 0 radical (unpaired) electrons. The van der Waals surface area contributed by atoms with Crippen molar-refractivity contribution in [2.24, 2.45) is 5.92 Å². The van der Waals surface area contributed by atoms with Crippen molar-refractivity contribution in [2.45, 2.75) is 33.2 Å². The molecule has 1 atom stereocenters. The highest BCUT2D eigenvalue weighted by atomic mass is 32.1. The van der Waals surface area contributed by atoms with Crippen LogP contribution in [0, 0.1) is 12.8 Å². The predicted octanol–water partition coefficient (Wildman–Crippen LogP) is 3.93. The number of benzene rings is 2. The van der Waals surface area contributed by atoms with Gasteiger partial charge in [-0.15, -0.1) is 0 Å². The summed E-state index contributed by atoms with van der Waals surface area (Å²) in [5, 5.41) is 6.25. The predicted molar refractivity (Wildman–Crippen MR) is 110 cm³/mol. The van der Waals surface area contributed by atoms with Crippen LogP contribution in [0.1, 0.15) is 25.0 Å². The number of hydrogen-bond donors (Lipinski definition) is 2. The molecule has 2 amide bonds. The molecule has 1 unspecified atom stereocenters. The van der Waals surface area contributed by atoms with Crippen LogP contribution in [-0.4, -0.2) is 22.8 Å². The molecule has 2 aromatic carbocycles. The SMILES string of the molecule is Cc1ccc2nc(NC(=O)C(NC(=O)Cc3ccccc3)C(C)C)sc2c1. The Bertz CT molecular complexity index is 950. The van der Waals surface area contributed by atoms with E-state index in [0.29, 0.717) is 5.13 Å². The molecule has 0 saturated heterocycles. The highest BCUT2D eigenvalue weighted by Crippen LogP contribution is 2.27. The van der Waals surface area contributed by atoms with Gasteiger partial charge in [0.25, 0.3) is 0 Å². The van der Waals surface area contributed by atoms with Crippen LogP contribution >= 0.6 is 11.3 Å². The van der Waals surface area contributed by atoms with Gasteiger partial charge in [-0.3, -0.25) is 9.59 Å². The van der Waals surface area contributed by atoms with Crippen molar-refractivity contribution in [3.63, 3.8) is 0 Å². The minimum absolute atomic E-state index is 0.0404. The molecule has 0 saturated carbocycles. The third-order valence-corrected chi connectivity index (χ3v) is 5.18. The van der Waals surface area contributed by atoms with E-state index in [9.17, 15) is 9.59 Å². The van der Waals surface area contributed by atoms with E-state index >= 15 is 0 Å². The zero-order valence-electron chi connectivity index (χ0n) is 15.7. The molecule has 0 spiro atoms. The fourth-order valence-corrected chi connectivity index (χ4v) is 3.78. The van der Waals surface area contributed by atoms with Crippen LogP contribution in [0.15, 0.2) is 48.5 Å². The maximum Gasteiger partial charge on any atom is 0.248 e. The van der Waals surface area contributed by atoms with Gasteiger partial charge in [0, 0.05) is 0 Å². The molecule has 6 heteroatoms. The van der Waals surface area contributed by atoms with Crippen LogP contribution in [0.3, 0.4) is 0 Å². The van der Waals surface area contributed by atoms with E-state index in [1.165, 1.54) is 11.3 Å². The Kier molecular flexibility index (Phi) is 5.86. The molecular formula is C21H23N3O2S. The second-order valence-electron chi connectivity index (χ2n) is 6.93. The van der Waals surface area contributed by atoms with E-state index in [4.69, 9.17) is 0 Å². The average Bonchev–Trinajstić information content (AvgIpc) is 3.01. The fraction of sp³-hybridized carbons (Fsp3) is 0.286. The first-order valence-electron chi connectivity index (χ1n) is 8.93. The molecule has 0 aliphatic rings. The van der Waals surface area contributed by atoms with Gasteiger partial charge in [0.1, 0.15) is 6.04 Å². The van der Waals surface area contributed by atoms with Crippen LogP contribution in [0.2, 0.25) is 0 Å². The van der Waals surface area contributed by atoms with Gasteiger partial charge in [-0.1, -0.05) is 61.6 Å². The lowest BCUT2D eigenvalue weighted by atomic mass is 10.0. The van der Waals surface area contributed by atoms with Crippen LogP contribution in [0.25, 0.3) is 10.2 Å². The van der Waals surface area contributed by atoms with E-state index in [0.717, 1.165) is 21.3 Å².